The normalized spacial score (nSPS) is 18.5. The van der Waals surface area contributed by atoms with Gasteiger partial charge in [0.2, 0.25) is 0 Å². The van der Waals surface area contributed by atoms with E-state index in [-0.39, 0.29) is 5.91 Å². The van der Waals surface area contributed by atoms with Gasteiger partial charge in [0.25, 0.3) is 5.91 Å². The predicted molar refractivity (Wildman–Crippen MR) is 87.0 cm³/mol. The maximum Gasteiger partial charge on any atom is 0.256 e. The standard InChI is InChI=1S/C17H15Cl2NO2/c18-14-7-6-13(10-15(14)19)16-17(21)20(8-9-22-16)11-12-4-2-1-3-5-12/h1-7,10,16H,8-9,11H2. The first-order chi connectivity index (χ1) is 10.6. The van der Waals surface area contributed by atoms with Crippen molar-refractivity contribution in [1.82, 2.24) is 4.90 Å². The molecule has 1 saturated heterocycles. The fourth-order valence-electron chi connectivity index (χ4n) is 2.50. The van der Waals surface area contributed by atoms with Crippen molar-refractivity contribution in [2.24, 2.45) is 0 Å². The van der Waals surface area contributed by atoms with Crippen LogP contribution < -0.4 is 0 Å². The third-order valence-corrected chi connectivity index (χ3v) is 4.38. The largest absolute Gasteiger partial charge is 0.362 e. The quantitative estimate of drug-likeness (QED) is 0.845. The second-order valence-corrected chi connectivity index (χ2v) is 5.98. The molecule has 1 fully saturated rings. The summed E-state index contributed by atoms with van der Waals surface area (Å²) in [7, 11) is 0. The molecule has 2 aromatic rings. The zero-order chi connectivity index (χ0) is 15.5. The Morgan fingerprint density at radius 3 is 2.59 bits per heavy atom. The molecular weight excluding hydrogens is 321 g/mol. The SMILES string of the molecule is O=C1C(c2ccc(Cl)c(Cl)c2)OCCN1Cc1ccccc1. The Morgan fingerprint density at radius 2 is 1.86 bits per heavy atom. The first-order valence-corrected chi connectivity index (χ1v) is 7.80. The topological polar surface area (TPSA) is 29.5 Å². The second-order valence-electron chi connectivity index (χ2n) is 5.17. The van der Waals surface area contributed by atoms with E-state index in [2.05, 4.69) is 0 Å². The molecule has 1 atom stereocenters. The number of hydrogen-bond acceptors (Lipinski definition) is 2. The van der Waals surface area contributed by atoms with Crippen molar-refractivity contribution < 1.29 is 9.53 Å². The zero-order valence-corrected chi connectivity index (χ0v) is 13.3. The summed E-state index contributed by atoms with van der Waals surface area (Å²) in [6.07, 6.45) is -0.618. The average molecular weight is 336 g/mol. The number of benzene rings is 2. The van der Waals surface area contributed by atoms with Crippen molar-refractivity contribution in [3.63, 3.8) is 0 Å². The zero-order valence-electron chi connectivity index (χ0n) is 11.8. The van der Waals surface area contributed by atoms with Crippen molar-refractivity contribution in [1.29, 1.82) is 0 Å². The molecule has 0 saturated carbocycles. The van der Waals surface area contributed by atoms with E-state index in [1.807, 2.05) is 35.2 Å². The summed E-state index contributed by atoms with van der Waals surface area (Å²) < 4.78 is 5.65. The predicted octanol–water partition coefficient (Wildman–Crippen LogP) is 4.09. The third kappa shape index (κ3) is 3.27. The molecule has 3 rings (SSSR count). The van der Waals surface area contributed by atoms with Crippen LogP contribution in [0.25, 0.3) is 0 Å². The molecule has 114 valence electrons. The number of rotatable bonds is 3. The average Bonchev–Trinajstić information content (AvgIpc) is 2.53. The highest BCUT2D eigenvalue weighted by atomic mass is 35.5. The fourth-order valence-corrected chi connectivity index (χ4v) is 2.81. The highest BCUT2D eigenvalue weighted by Gasteiger charge is 2.31. The molecule has 3 nitrogen and oxygen atoms in total. The van der Waals surface area contributed by atoms with Crippen molar-refractivity contribution in [2.75, 3.05) is 13.2 Å². The van der Waals surface area contributed by atoms with E-state index in [0.717, 1.165) is 11.1 Å². The van der Waals surface area contributed by atoms with E-state index in [1.54, 1.807) is 18.2 Å². The number of hydrogen-bond donors (Lipinski definition) is 0. The molecular formula is C17H15Cl2NO2. The van der Waals surface area contributed by atoms with Crippen LogP contribution in [0.15, 0.2) is 48.5 Å². The molecule has 22 heavy (non-hydrogen) atoms. The van der Waals surface area contributed by atoms with Crippen LogP contribution in [0.2, 0.25) is 10.0 Å². The van der Waals surface area contributed by atoms with Gasteiger partial charge in [0.1, 0.15) is 0 Å². The second kappa shape index (κ2) is 6.69. The van der Waals surface area contributed by atoms with Gasteiger partial charge < -0.3 is 9.64 Å². The summed E-state index contributed by atoms with van der Waals surface area (Å²) in [6.45, 7) is 1.68. The molecule has 0 aromatic heterocycles. The van der Waals surface area contributed by atoms with Crippen LogP contribution in [0.1, 0.15) is 17.2 Å². The van der Waals surface area contributed by atoms with E-state index < -0.39 is 6.10 Å². The number of carbonyl (C=O) groups excluding carboxylic acids is 1. The van der Waals surface area contributed by atoms with E-state index in [1.165, 1.54) is 0 Å². The van der Waals surface area contributed by atoms with Gasteiger partial charge in [0.05, 0.1) is 16.7 Å². The highest BCUT2D eigenvalue weighted by molar-refractivity contribution is 6.42. The van der Waals surface area contributed by atoms with Crippen LogP contribution >= 0.6 is 23.2 Å². The van der Waals surface area contributed by atoms with Crippen LogP contribution in [0.5, 0.6) is 0 Å². The summed E-state index contributed by atoms with van der Waals surface area (Å²) in [6, 6.07) is 15.1. The van der Waals surface area contributed by atoms with Gasteiger partial charge in [-0.15, -0.1) is 0 Å². The minimum absolute atomic E-state index is 0.0477. The van der Waals surface area contributed by atoms with Crippen LogP contribution in [-0.2, 0) is 16.1 Å². The number of halogens is 2. The Hall–Kier alpha value is -1.55. The number of nitrogens with zero attached hydrogens (tertiary/aromatic N) is 1. The Labute approximate surface area is 139 Å². The molecule has 0 N–H and O–H groups in total. The molecule has 0 spiro atoms. The molecule has 0 radical (unpaired) electrons. The molecule has 0 aliphatic carbocycles. The summed E-state index contributed by atoms with van der Waals surface area (Å²) in [4.78, 5) is 14.5. The summed E-state index contributed by atoms with van der Waals surface area (Å²) in [5, 5.41) is 0.894. The van der Waals surface area contributed by atoms with Gasteiger partial charge in [-0.1, -0.05) is 59.6 Å². The van der Waals surface area contributed by atoms with Gasteiger partial charge in [-0.3, -0.25) is 4.79 Å². The maximum atomic E-state index is 12.7. The van der Waals surface area contributed by atoms with Gasteiger partial charge in [-0.2, -0.15) is 0 Å². The van der Waals surface area contributed by atoms with Crippen molar-refractivity contribution in [2.45, 2.75) is 12.6 Å². The fraction of sp³-hybridized carbons (Fsp3) is 0.235. The van der Waals surface area contributed by atoms with Crippen molar-refractivity contribution in [3.05, 3.63) is 69.7 Å². The van der Waals surface area contributed by atoms with Gasteiger partial charge in [-0.05, 0) is 23.3 Å². The smallest absolute Gasteiger partial charge is 0.256 e. The van der Waals surface area contributed by atoms with E-state index in [0.29, 0.717) is 29.7 Å². The van der Waals surface area contributed by atoms with Gasteiger partial charge in [0.15, 0.2) is 6.10 Å². The van der Waals surface area contributed by atoms with Crippen LogP contribution in [0.4, 0.5) is 0 Å². The molecule has 2 aromatic carbocycles. The molecule has 0 bridgehead atoms. The van der Waals surface area contributed by atoms with Crippen molar-refractivity contribution in [3.8, 4) is 0 Å². The lowest BCUT2D eigenvalue weighted by atomic mass is 10.1. The van der Waals surface area contributed by atoms with Gasteiger partial charge in [0, 0.05) is 13.1 Å². The monoisotopic (exact) mass is 335 g/mol. The number of ether oxygens (including phenoxy) is 1. The molecule has 1 aliphatic heterocycles. The van der Waals surface area contributed by atoms with E-state index >= 15 is 0 Å². The van der Waals surface area contributed by atoms with Crippen LogP contribution in [0.3, 0.4) is 0 Å². The lowest BCUT2D eigenvalue weighted by molar-refractivity contribution is -0.154. The Balaban J connectivity index is 1.79. The van der Waals surface area contributed by atoms with E-state index in [9.17, 15) is 4.79 Å². The third-order valence-electron chi connectivity index (χ3n) is 3.64. The Kier molecular flexibility index (Phi) is 4.67. The lowest BCUT2D eigenvalue weighted by Crippen LogP contribution is -2.42. The number of amides is 1. The minimum Gasteiger partial charge on any atom is -0.362 e. The first kappa shape index (κ1) is 15.3. The summed E-state index contributed by atoms with van der Waals surface area (Å²) in [5.41, 5.74) is 1.84. The van der Waals surface area contributed by atoms with Gasteiger partial charge in [-0.25, -0.2) is 0 Å². The maximum absolute atomic E-state index is 12.7. The highest BCUT2D eigenvalue weighted by Crippen LogP contribution is 2.30. The Morgan fingerprint density at radius 1 is 1.09 bits per heavy atom. The molecule has 1 aliphatic rings. The number of morpholine rings is 1. The Bertz CT molecular complexity index is 676. The van der Waals surface area contributed by atoms with Crippen molar-refractivity contribution >= 4 is 29.1 Å². The van der Waals surface area contributed by atoms with Crippen LogP contribution in [-0.4, -0.2) is 24.0 Å². The van der Waals surface area contributed by atoms with Crippen LogP contribution in [0, 0.1) is 0 Å². The minimum atomic E-state index is -0.618. The number of carbonyl (C=O) groups is 1. The van der Waals surface area contributed by atoms with Gasteiger partial charge >= 0.3 is 0 Å². The van der Waals surface area contributed by atoms with E-state index in [4.69, 9.17) is 27.9 Å². The first-order valence-electron chi connectivity index (χ1n) is 7.04. The molecule has 1 heterocycles. The molecule has 5 heteroatoms. The molecule has 1 unspecified atom stereocenters. The summed E-state index contributed by atoms with van der Waals surface area (Å²) >= 11 is 12.0. The lowest BCUT2D eigenvalue weighted by Gasteiger charge is -2.32. The molecule has 1 amide bonds. The summed E-state index contributed by atoms with van der Waals surface area (Å²) in [5.74, 6) is -0.0477.